The van der Waals surface area contributed by atoms with Gasteiger partial charge < -0.3 is 13.6 Å². The molecular weight excluding hydrogens is 444 g/mol. The summed E-state index contributed by atoms with van der Waals surface area (Å²) in [6.07, 6.45) is 4.12. The normalized spacial score (nSPS) is 12.2. The predicted molar refractivity (Wildman–Crippen MR) is 123 cm³/mol. The summed E-state index contributed by atoms with van der Waals surface area (Å²) in [6, 6.07) is 12.6. The number of nitrogens with zero attached hydrogens (tertiary/aromatic N) is 4. The Kier molecular flexibility index (Phi) is 5.19. The van der Waals surface area contributed by atoms with Crippen LogP contribution < -0.4 is 15.0 Å². The lowest BCUT2D eigenvalue weighted by molar-refractivity contribution is 0.101. The predicted octanol–water partition coefficient (Wildman–Crippen LogP) is 3.93. The number of fused-ring (bicyclic) bond motifs is 2. The summed E-state index contributed by atoms with van der Waals surface area (Å²) in [5, 5.41) is 13.8. The second-order valence-corrected chi connectivity index (χ2v) is 7.93. The smallest absolute Gasteiger partial charge is 0.233 e. The third-order valence-electron chi connectivity index (χ3n) is 4.88. The fraction of sp³-hybridized carbons (Fsp3) is 0.0870. The van der Waals surface area contributed by atoms with E-state index in [0.717, 1.165) is 17.0 Å². The first-order valence-corrected chi connectivity index (χ1v) is 10.6. The first kappa shape index (κ1) is 20.6. The van der Waals surface area contributed by atoms with Gasteiger partial charge in [0.1, 0.15) is 28.6 Å². The van der Waals surface area contributed by atoms with Gasteiger partial charge in [-0.05, 0) is 18.2 Å². The summed E-state index contributed by atoms with van der Waals surface area (Å²) >= 11 is 1.10. The number of carbonyl (C=O) groups is 1. The van der Waals surface area contributed by atoms with Crippen molar-refractivity contribution >= 4 is 45.3 Å². The van der Waals surface area contributed by atoms with E-state index >= 15 is 0 Å². The van der Waals surface area contributed by atoms with E-state index in [0.29, 0.717) is 32.1 Å². The van der Waals surface area contributed by atoms with E-state index in [9.17, 15) is 9.59 Å². The Labute approximate surface area is 189 Å². The highest BCUT2D eigenvalue weighted by Gasteiger charge is 2.16. The maximum atomic E-state index is 13.1. The van der Waals surface area contributed by atoms with Gasteiger partial charge >= 0.3 is 0 Å². The molecule has 0 saturated heterocycles. The molecule has 0 spiro atoms. The Hall–Kier alpha value is -4.31. The van der Waals surface area contributed by atoms with Crippen LogP contribution in [-0.2, 0) is 0 Å². The third kappa shape index (κ3) is 3.66. The van der Waals surface area contributed by atoms with Crippen molar-refractivity contribution in [3.05, 3.63) is 80.6 Å². The number of carbonyl (C=O) groups excluding carboxylic acids is 1. The first-order chi connectivity index (χ1) is 16.1. The molecule has 9 nitrogen and oxygen atoms in total. The maximum absolute atomic E-state index is 13.1. The van der Waals surface area contributed by atoms with Crippen LogP contribution in [0.2, 0.25) is 0 Å². The summed E-state index contributed by atoms with van der Waals surface area (Å²) < 4.78 is 18.0. The minimum absolute atomic E-state index is 0.178. The molecule has 0 amide bonds. The molecule has 3 heterocycles. The number of furan rings is 1. The minimum atomic E-state index is -0.320. The molecule has 0 atom stereocenters. The molecule has 2 aromatic carbocycles. The van der Waals surface area contributed by atoms with Crippen molar-refractivity contribution < 1.29 is 18.4 Å². The van der Waals surface area contributed by atoms with Gasteiger partial charge in [-0.1, -0.05) is 29.5 Å². The van der Waals surface area contributed by atoms with Crippen molar-refractivity contribution in [3.8, 4) is 11.4 Å². The molecule has 5 aromatic rings. The van der Waals surface area contributed by atoms with Crippen LogP contribution >= 0.6 is 11.3 Å². The van der Waals surface area contributed by atoms with Gasteiger partial charge in [-0.3, -0.25) is 9.59 Å². The van der Waals surface area contributed by atoms with Crippen LogP contribution in [0.5, 0.6) is 5.75 Å². The topological polar surface area (TPSA) is 112 Å². The molecule has 3 aromatic heterocycles. The van der Waals surface area contributed by atoms with Crippen molar-refractivity contribution in [2.24, 2.45) is 10.2 Å². The molecule has 0 N–H and O–H groups in total. The number of ketones is 1. The Morgan fingerprint density at radius 1 is 1.18 bits per heavy atom. The summed E-state index contributed by atoms with van der Waals surface area (Å²) in [5.41, 5.74) is 1.49. The monoisotopic (exact) mass is 460 g/mol. The van der Waals surface area contributed by atoms with Crippen LogP contribution in [0.3, 0.4) is 0 Å². The van der Waals surface area contributed by atoms with E-state index in [2.05, 4.69) is 15.3 Å². The molecule has 33 heavy (non-hydrogen) atoms. The zero-order valence-electron chi connectivity index (χ0n) is 17.5. The Bertz CT molecular complexity index is 1660. The lowest BCUT2D eigenvalue weighted by Gasteiger charge is -2.06. The summed E-state index contributed by atoms with van der Waals surface area (Å²) in [7, 11) is 1.48. The van der Waals surface area contributed by atoms with Crippen molar-refractivity contribution in [2.45, 2.75) is 6.92 Å². The second-order valence-electron chi connectivity index (χ2n) is 6.97. The van der Waals surface area contributed by atoms with Gasteiger partial charge in [-0.25, -0.2) is 4.68 Å². The van der Waals surface area contributed by atoms with Gasteiger partial charge in [0.25, 0.3) is 0 Å². The average Bonchev–Trinajstić information content (AvgIpc) is 3.47. The van der Waals surface area contributed by atoms with Crippen molar-refractivity contribution in [1.29, 1.82) is 0 Å². The molecule has 164 valence electrons. The van der Waals surface area contributed by atoms with Crippen LogP contribution in [0.1, 0.15) is 22.3 Å². The van der Waals surface area contributed by atoms with Gasteiger partial charge in [0.05, 0.1) is 36.2 Å². The van der Waals surface area contributed by atoms with E-state index in [4.69, 9.17) is 13.6 Å². The quantitative estimate of drug-likeness (QED) is 0.223. The highest BCUT2D eigenvalue weighted by molar-refractivity contribution is 7.10. The molecule has 0 aliphatic heterocycles. The maximum Gasteiger partial charge on any atom is 0.233 e. The largest absolute Gasteiger partial charge is 0.495 e. The second kappa shape index (κ2) is 8.32. The fourth-order valence-corrected chi connectivity index (χ4v) is 4.12. The first-order valence-electron chi connectivity index (χ1n) is 9.80. The molecule has 0 aliphatic rings. The summed E-state index contributed by atoms with van der Waals surface area (Å²) in [4.78, 5) is 25.3. The number of hydrogen-bond acceptors (Lipinski definition) is 9. The summed E-state index contributed by atoms with van der Waals surface area (Å²) in [5.74, 6) is 0.190. The highest BCUT2D eigenvalue weighted by atomic mass is 32.1. The van der Waals surface area contributed by atoms with Crippen LogP contribution in [0, 0.1) is 0 Å². The molecule has 0 fully saturated rings. The van der Waals surface area contributed by atoms with Gasteiger partial charge in [-0.2, -0.15) is 10.2 Å². The number of aromatic nitrogens is 2. The number of rotatable bonds is 5. The number of ether oxygens (including phenoxy) is 1. The summed E-state index contributed by atoms with van der Waals surface area (Å²) in [6.45, 7) is 1.44. The van der Waals surface area contributed by atoms with E-state index < -0.39 is 0 Å². The zero-order chi connectivity index (χ0) is 22.9. The van der Waals surface area contributed by atoms with Crippen molar-refractivity contribution in [2.75, 3.05) is 7.11 Å². The molecular formula is C23H16N4O5S. The van der Waals surface area contributed by atoms with E-state index in [1.54, 1.807) is 12.1 Å². The number of hydrogen-bond donors (Lipinski definition) is 0. The molecule has 0 aliphatic carbocycles. The Morgan fingerprint density at radius 3 is 2.76 bits per heavy atom. The highest BCUT2D eigenvalue weighted by Crippen LogP contribution is 2.33. The molecule has 0 radical (unpaired) electrons. The molecule has 0 unspecified atom stereocenters. The molecule has 5 rings (SSSR count). The lowest BCUT2D eigenvalue weighted by Crippen LogP contribution is -2.14. The van der Waals surface area contributed by atoms with Crippen LogP contribution in [0.4, 0.5) is 0 Å². The van der Waals surface area contributed by atoms with Crippen molar-refractivity contribution in [3.63, 3.8) is 0 Å². The number of Topliss-reactive ketones (excluding diaryl/α,β-unsaturated/α-hetero) is 1. The number of benzene rings is 2. The fourth-order valence-electron chi connectivity index (χ4n) is 3.36. The lowest BCUT2D eigenvalue weighted by atomic mass is 10.1. The zero-order valence-corrected chi connectivity index (χ0v) is 18.3. The van der Waals surface area contributed by atoms with E-state index in [-0.39, 0.29) is 22.2 Å². The van der Waals surface area contributed by atoms with E-state index in [1.807, 2.05) is 30.3 Å². The van der Waals surface area contributed by atoms with Crippen LogP contribution in [0.25, 0.3) is 27.6 Å². The van der Waals surface area contributed by atoms with Crippen LogP contribution in [0.15, 0.2) is 78.8 Å². The SMILES string of the molecule is COc1c2ccoc2cc2occ(/C=N/N=c3/sc(C(C)=O)nn3-c3ccccc3)c(=O)c12. The molecule has 0 bridgehead atoms. The van der Waals surface area contributed by atoms with Gasteiger partial charge in [0, 0.05) is 13.0 Å². The molecule has 10 heteroatoms. The standard InChI is InChI=1S/C23H16N4O5S/c1-13(28)22-26-27(15-6-4-3-5-7-15)23(33-22)25-24-11-14-12-32-18-10-17-16(8-9-31-17)21(30-2)19(18)20(14)29/h3-12H,1-2H3/b24-11+,25-23+. The van der Waals surface area contributed by atoms with Gasteiger partial charge in [0.2, 0.25) is 10.2 Å². The Balaban J connectivity index is 1.61. The third-order valence-corrected chi connectivity index (χ3v) is 5.88. The average molecular weight is 460 g/mol. The van der Waals surface area contributed by atoms with E-state index in [1.165, 1.54) is 37.5 Å². The minimum Gasteiger partial charge on any atom is -0.495 e. The Morgan fingerprint density at radius 2 is 2.00 bits per heavy atom. The van der Waals surface area contributed by atoms with Gasteiger partial charge in [0.15, 0.2) is 10.8 Å². The van der Waals surface area contributed by atoms with Gasteiger partial charge in [-0.15, -0.1) is 5.10 Å². The number of para-hydroxylation sites is 1. The van der Waals surface area contributed by atoms with Crippen molar-refractivity contribution in [1.82, 2.24) is 9.78 Å². The molecule has 0 saturated carbocycles. The van der Waals surface area contributed by atoms with Crippen LogP contribution in [-0.4, -0.2) is 28.9 Å². The number of methoxy groups -OCH3 is 1.